The zero-order valence-corrected chi connectivity index (χ0v) is 9.25. The predicted molar refractivity (Wildman–Crippen MR) is 57.8 cm³/mol. The summed E-state index contributed by atoms with van der Waals surface area (Å²) in [5.74, 6) is 0.440. The van der Waals surface area contributed by atoms with E-state index in [2.05, 4.69) is 22.2 Å². The molecule has 2 aromatic rings. The summed E-state index contributed by atoms with van der Waals surface area (Å²) in [6.07, 6.45) is 4.18. The lowest BCUT2D eigenvalue weighted by Gasteiger charge is -1.96. The second-order valence-corrected chi connectivity index (χ2v) is 3.61. The molecular weight excluding hydrogens is 212 g/mol. The van der Waals surface area contributed by atoms with Crippen molar-refractivity contribution in [1.29, 1.82) is 0 Å². The highest BCUT2D eigenvalue weighted by Gasteiger charge is 2.07. The van der Waals surface area contributed by atoms with Crippen LogP contribution in [0.1, 0.15) is 19.8 Å². The summed E-state index contributed by atoms with van der Waals surface area (Å²) in [5.41, 5.74) is 0.707. The van der Waals surface area contributed by atoms with Crippen molar-refractivity contribution in [2.24, 2.45) is 0 Å². The highest BCUT2D eigenvalue weighted by Crippen LogP contribution is 2.13. The topological polar surface area (TPSA) is 59.6 Å². The maximum Gasteiger partial charge on any atom is 0.284 e. The van der Waals surface area contributed by atoms with Crippen molar-refractivity contribution < 1.29 is 4.42 Å². The van der Waals surface area contributed by atoms with Crippen LogP contribution in [0.15, 0.2) is 16.7 Å². The van der Waals surface area contributed by atoms with Crippen LogP contribution in [0.2, 0.25) is 0 Å². The molecule has 0 aliphatic carbocycles. The average molecular weight is 224 g/mol. The molecule has 0 spiro atoms. The molecule has 15 heavy (non-hydrogen) atoms. The predicted octanol–water partition coefficient (Wildman–Crippen LogP) is 2.40. The number of nitrogens with zero attached hydrogens (tertiary/aromatic N) is 3. The Kier molecular flexibility index (Phi) is 2.96. The number of hydrogen-bond donors (Lipinski definition) is 1. The van der Waals surface area contributed by atoms with E-state index in [0.29, 0.717) is 11.6 Å². The van der Waals surface area contributed by atoms with Crippen molar-refractivity contribution in [3.8, 4) is 11.6 Å². The molecule has 0 aliphatic rings. The van der Waals surface area contributed by atoms with Gasteiger partial charge in [-0.1, -0.05) is 13.3 Å². The van der Waals surface area contributed by atoms with Crippen molar-refractivity contribution in [3.63, 3.8) is 0 Å². The van der Waals surface area contributed by atoms with Gasteiger partial charge in [0.25, 0.3) is 10.7 Å². The van der Waals surface area contributed by atoms with Gasteiger partial charge in [0, 0.05) is 12.7 Å². The van der Waals surface area contributed by atoms with Gasteiger partial charge in [0.05, 0.1) is 0 Å². The summed E-state index contributed by atoms with van der Waals surface area (Å²) in [5, 5.41) is 10.8. The monoisotopic (exact) mass is 224 g/mol. The Morgan fingerprint density at radius 1 is 1.60 bits per heavy atom. The van der Waals surface area contributed by atoms with Crippen LogP contribution in [0.5, 0.6) is 0 Å². The van der Waals surface area contributed by atoms with Gasteiger partial charge in [0.2, 0.25) is 0 Å². The van der Waals surface area contributed by atoms with E-state index in [-0.39, 0.29) is 4.84 Å². The molecule has 6 heteroatoms. The molecule has 5 nitrogen and oxygen atoms in total. The van der Waals surface area contributed by atoms with Crippen molar-refractivity contribution in [2.75, 3.05) is 0 Å². The fourth-order valence-electron chi connectivity index (χ4n) is 1.26. The Hall–Kier alpha value is -1.43. The summed E-state index contributed by atoms with van der Waals surface area (Å²) in [7, 11) is 0. The minimum Gasteiger partial charge on any atom is -0.408 e. The van der Waals surface area contributed by atoms with Crippen molar-refractivity contribution >= 4 is 12.2 Å². The Balaban J connectivity index is 2.16. The molecule has 0 saturated heterocycles. The van der Waals surface area contributed by atoms with Crippen LogP contribution in [0, 0.1) is 4.84 Å². The lowest BCUT2D eigenvalue weighted by molar-refractivity contribution is 0.540. The quantitative estimate of drug-likeness (QED) is 0.810. The minimum atomic E-state index is 0.271. The standard InChI is InChI=1S/C9H12N4OS/c1-2-3-5-13-6-4-7(12-13)8-10-11-9(15)14-8/h4,6H,2-3,5H2,1H3,(H,11,15). The Morgan fingerprint density at radius 2 is 2.47 bits per heavy atom. The van der Waals surface area contributed by atoms with E-state index in [1.165, 1.54) is 0 Å². The lowest BCUT2D eigenvalue weighted by Crippen LogP contribution is -1.97. The fraction of sp³-hybridized carbons (Fsp3) is 0.444. The van der Waals surface area contributed by atoms with Crippen LogP contribution in [0.3, 0.4) is 0 Å². The fourth-order valence-corrected chi connectivity index (χ4v) is 1.38. The molecule has 0 radical (unpaired) electrons. The minimum absolute atomic E-state index is 0.271. The second kappa shape index (κ2) is 4.39. The van der Waals surface area contributed by atoms with E-state index in [1.54, 1.807) is 0 Å². The molecule has 2 heterocycles. The smallest absolute Gasteiger partial charge is 0.284 e. The first-order chi connectivity index (χ1) is 7.29. The number of nitrogens with one attached hydrogen (secondary N) is 1. The summed E-state index contributed by atoms with van der Waals surface area (Å²) in [6.45, 7) is 3.07. The van der Waals surface area contributed by atoms with Gasteiger partial charge in [0.1, 0.15) is 5.69 Å². The SMILES string of the molecule is CCCCn1ccc(-c2n[nH]c(=S)o2)n1. The third kappa shape index (κ3) is 2.33. The van der Waals surface area contributed by atoms with Crippen LogP contribution < -0.4 is 0 Å². The first-order valence-corrected chi connectivity index (χ1v) is 5.29. The number of H-pyrrole nitrogens is 1. The highest BCUT2D eigenvalue weighted by molar-refractivity contribution is 7.71. The van der Waals surface area contributed by atoms with Crippen LogP contribution >= 0.6 is 12.2 Å². The molecule has 80 valence electrons. The van der Waals surface area contributed by atoms with E-state index in [9.17, 15) is 0 Å². The number of hydrogen-bond acceptors (Lipinski definition) is 4. The van der Waals surface area contributed by atoms with E-state index < -0.39 is 0 Å². The van der Waals surface area contributed by atoms with Gasteiger partial charge in [-0.15, -0.1) is 5.10 Å². The maximum atomic E-state index is 5.16. The molecule has 0 fully saturated rings. The van der Waals surface area contributed by atoms with Gasteiger partial charge in [-0.3, -0.25) is 4.68 Å². The molecule has 2 rings (SSSR count). The average Bonchev–Trinajstić information content (AvgIpc) is 2.83. The first kappa shape index (κ1) is 10.1. The third-order valence-electron chi connectivity index (χ3n) is 2.04. The Labute approximate surface area is 92.1 Å². The van der Waals surface area contributed by atoms with Gasteiger partial charge in [-0.2, -0.15) is 5.10 Å². The maximum absolute atomic E-state index is 5.16. The molecule has 0 saturated carbocycles. The number of aromatic amines is 1. The van der Waals surface area contributed by atoms with Crippen LogP contribution in [0.25, 0.3) is 11.6 Å². The molecule has 0 bridgehead atoms. The third-order valence-corrected chi connectivity index (χ3v) is 2.21. The molecule has 0 unspecified atom stereocenters. The molecule has 0 aromatic carbocycles. The van der Waals surface area contributed by atoms with Gasteiger partial charge in [0.15, 0.2) is 0 Å². The van der Waals surface area contributed by atoms with Gasteiger partial charge >= 0.3 is 0 Å². The van der Waals surface area contributed by atoms with Crippen molar-refractivity contribution in [2.45, 2.75) is 26.3 Å². The first-order valence-electron chi connectivity index (χ1n) is 4.89. The summed E-state index contributed by atoms with van der Waals surface area (Å²) in [4.78, 5) is 0.271. The van der Waals surface area contributed by atoms with E-state index in [4.69, 9.17) is 16.6 Å². The van der Waals surface area contributed by atoms with Crippen LogP contribution in [0.4, 0.5) is 0 Å². The largest absolute Gasteiger partial charge is 0.408 e. The van der Waals surface area contributed by atoms with E-state index >= 15 is 0 Å². The molecule has 0 atom stereocenters. The normalized spacial score (nSPS) is 10.7. The molecule has 2 aromatic heterocycles. The molecule has 0 aliphatic heterocycles. The van der Waals surface area contributed by atoms with Crippen LogP contribution in [-0.4, -0.2) is 20.0 Å². The highest BCUT2D eigenvalue weighted by atomic mass is 32.1. The van der Waals surface area contributed by atoms with Gasteiger partial charge in [-0.25, -0.2) is 5.10 Å². The van der Waals surface area contributed by atoms with Crippen molar-refractivity contribution in [1.82, 2.24) is 20.0 Å². The number of aryl methyl sites for hydroxylation is 1. The molecular formula is C9H12N4OS. The number of aromatic nitrogens is 4. The summed E-state index contributed by atoms with van der Waals surface area (Å²) >= 11 is 4.79. The Morgan fingerprint density at radius 3 is 3.13 bits per heavy atom. The van der Waals surface area contributed by atoms with E-state index in [1.807, 2.05) is 16.9 Å². The number of rotatable bonds is 4. The zero-order valence-electron chi connectivity index (χ0n) is 8.43. The van der Waals surface area contributed by atoms with Gasteiger partial charge < -0.3 is 4.42 Å². The molecule has 1 N–H and O–H groups in total. The van der Waals surface area contributed by atoms with Crippen LogP contribution in [-0.2, 0) is 6.54 Å². The molecule has 0 amide bonds. The second-order valence-electron chi connectivity index (χ2n) is 3.24. The van der Waals surface area contributed by atoms with Crippen molar-refractivity contribution in [3.05, 3.63) is 17.1 Å². The van der Waals surface area contributed by atoms with E-state index in [0.717, 1.165) is 19.4 Å². The number of unbranched alkanes of at least 4 members (excludes halogenated alkanes) is 1. The lowest BCUT2D eigenvalue weighted by atomic mass is 10.3. The Bertz CT molecular complexity index is 484. The summed E-state index contributed by atoms with van der Waals surface area (Å²) < 4.78 is 7.04. The summed E-state index contributed by atoms with van der Waals surface area (Å²) in [6, 6.07) is 1.87. The van der Waals surface area contributed by atoms with Gasteiger partial charge in [-0.05, 0) is 24.7 Å². The zero-order chi connectivity index (χ0) is 10.7.